The van der Waals surface area contributed by atoms with Gasteiger partial charge in [-0.1, -0.05) is 30.3 Å². The van der Waals surface area contributed by atoms with Crippen LogP contribution in [0, 0.1) is 0 Å². The molecule has 3 rings (SSSR count). The van der Waals surface area contributed by atoms with Gasteiger partial charge in [-0.05, 0) is 50.1 Å². The molecule has 176 valence electrons. The third kappa shape index (κ3) is 5.84. The normalized spacial score (nSPS) is 16.6. The van der Waals surface area contributed by atoms with E-state index in [-0.39, 0.29) is 22.6 Å². The van der Waals surface area contributed by atoms with E-state index in [1.54, 1.807) is 12.1 Å². The Hall–Kier alpha value is -3.08. The summed E-state index contributed by atoms with van der Waals surface area (Å²) in [5.74, 6) is -1.03. The first kappa shape index (κ1) is 24.6. The maximum Gasteiger partial charge on any atom is 0.243 e. The standard InChI is InChI=1S/C23H28N4O5S/c1-16(28)17-9-11-19(12-10-17)33(31,32)26(2)15-22(29)25-20-7-4-3-6-18(20)14-27-13-5-8-21(27)23(24)30/h3-4,6-7,9-12,21H,5,8,13-15H2,1-2H3,(H2,24,30)(H,25,29). The summed E-state index contributed by atoms with van der Waals surface area (Å²) in [5.41, 5.74) is 7.26. The van der Waals surface area contributed by atoms with E-state index in [0.717, 1.165) is 22.8 Å². The molecule has 0 aromatic heterocycles. The van der Waals surface area contributed by atoms with Crippen molar-refractivity contribution >= 4 is 33.3 Å². The number of sulfonamides is 1. The number of para-hydroxylation sites is 1. The molecule has 1 saturated heterocycles. The number of nitrogens with one attached hydrogen (secondary N) is 1. The first-order chi connectivity index (χ1) is 15.6. The molecule has 1 atom stereocenters. The van der Waals surface area contributed by atoms with Gasteiger partial charge in [0.2, 0.25) is 21.8 Å². The number of ketones is 1. The largest absolute Gasteiger partial charge is 0.368 e. The fourth-order valence-electron chi connectivity index (χ4n) is 3.86. The van der Waals surface area contributed by atoms with Gasteiger partial charge in [0.1, 0.15) is 0 Å². The van der Waals surface area contributed by atoms with Crippen molar-refractivity contribution in [2.24, 2.45) is 5.73 Å². The molecule has 0 bridgehead atoms. The van der Waals surface area contributed by atoms with Crippen molar-refractivity contribution in [2.75, 3.05) is 25.5 Å². The number of amides is 2. The highest BCUT2D eigenvalue weighted by Gasteiger charge is 2.29. The molecule has 2 aromatic rings. The molecular weight excluding hydrogens is 444 g/mol. The Morgan fingerprint density at radius 3 is 2.42 bits per heavy atom. The minimum Gasteiger partial charge on any atom is -0.368 e. The van der Waals surface area contributed by atoms with E-state index in [1.165, 1.54) is 38.2 Å². The Bertz CT molecular complexity index is 1150. The van der Waals surface area contributed by atoms with Crippen molar-refractivity contribution in [1.29, 1.82) is 0 Å². The number of hydrogen-bond acceptors (Lipinski definition) is 6. The summed E-state index contributed by atoms with van der Waals surface area (Å²) in [5, 5.41) is 2.77. The second kappa shape index (κ2) is 10.2. The van der Waals surface area contributed by atoms with E-state index in [9.17, 15) is 22.8 Å². The van der Waals surface area contributed by atoms with E-state index in [1.807, 2.05) is 17.0 Å². The Kier molecular flexibility index (Phi) is 7.62. The lowest BCUT2D eigenvalue weighted by atomic mass is 10.1. The molecule has 1 aliphatic rings. The van der Waals surface area contributed by atoms with Crippen LogP contribution in [-0.4, -0.2) is 61.4 Å². The molecule has 0 radical (unpaired) electrons. The minimum absolute atomic E-state index is 0.00488. The summed E-state index contributed by atoms with van der Waals surface area (Å²) in [6.45, 7) is 2.19. The topological polar surface area (TPSA) is 130 Å². The van der Waals surface area contributed by atoms with Crippen LogP contribution in [0.4, 0.5) is 5.69 Å². The van der Waals surface area contributed by atoms with Gasteiger partial charge in [-0.3, -0.25) is 19.3 Å². The van der Waals surface area contributed by atoms with Gasteiger partial charge in [-0.15, -0.1) is 0 Å². The van der Waals surface area contributed by atoms with E-state index in [2.05, 4.69) is 5.32 Å². The predicted octanol–water partition coefficient (Wildman–Crippen LogP) is 1.60. The molecule has 10 heteroatoms. The van der Waals surface area contributed by atoms with Crippen LogP contribution in [0.3, 0.4) is 0 Å². The van der Waals surface area contributed by atoms with Crippen LogP contribution < -0.4 is 11.1 Å². The molecule has 1 heterocycles. The molecule has 1 aliphatic heterocycles. The quantitative estimate of drug-likeness (QED) is 0.533. The number of anilines is 1. The second-order valence-electron chi connectivity index (χ2n) is 8.08. The van der Waals surface area contributed by atoms with Crippen LogP contribution >= 0.6 is 0 Å². The van der Waals surface area contributed by atoms with Gasteiger partial charge in [0, 0.05) is 24.8 Å². The van der Waals surface area contributed by atoms with Crippen molar-refractivity contribution in [3.8, 4) is 0 Å². The number of nitrogens with two attached hydrogens (primary N) is 1. The number of likely N-dealkylation sites (tertiary alicyclic amines) is 1. The molecule has 3 N–H and O–H groups in total. The lowest BCUT2D eigenvalue weighted by Gasteiger charge is -2.23. The number of hydrogen-bond donors (Lipinski definition) is 2. The maximum atomic E-state index is 12.8. The third-order valence-corrected chi connectivity index (χ3v) is 7.51. The zero-order chi connectivity index (χ0) is 24.2. The monoisotopic (exact) mass is 472 g/mol. The first-order valence-corrected chi connectivity index (χ1v) is 12.0. The molecule has 0 spiro atoms. The van der Waals surface area contributed by atoms with Crippen molar-refractivity contribution < 1.29 is 22.8 Å². The number of rotatable bonds is 9. The molecule has 2 aromatic carbocycles. The summed E-state index contributed by atoms with van der Waals surface area (Å²) in [6.07, 6.45) is 1.58. The fourth-order valence-corrected chi connectivity index (χ4v) is 4.98. The molecule has 33 heavy (non-hydrogen) atoms. The number of benzene rings is 2. The van der Waals surface area contributed by atoms with Crippen LogP contribution in [0.15, 0.2) is 53.4 Å². The average Bonchev–Trinajstić information content (AvgIpc) is 3.23. The highest BCUT2D eigenvalue weighted by atomic mass is 32.2. The molecule has 9 nitrogen and oxygen atoms in total. The number of primary amides is 1. The van der Waals surface area contributed by atoms with Gasteiger partial charge in [0.15, 0.2) is 5.78 Å². The predicted molar refractivity (Wildman–Crippen MR) is 124 cm³/mol. The molecular formula is C23H28N4O5S. The lowest BCUT2D eigenvalue weighted by Crippen LogP contribution is -2.40. The van der Waals surface area contributed by atoms with E-state index < -0.39 is 22.5 Å². The Morgan fingerprint density at radius 1 is 1.12 bits per heavy atom. The van der Waals surface area contributed by atoms with Crippen LogP contribution in [0.2, 0.25) is 0 Å². The van der Waals surface area contributed by atoms with E-state index in [0.29, 0.717) is 24.2 Å². The number of likely N-dealkylation sites (N-methyl/N-ethyl adjacent to an activating group) is 1. The van der Waals surface area contributed by atoms with Crippen molar-refractivity contribution in [1.82, 2.24) is 9.21 Å². The number of carbonyl (C=O) groups excluding carboxylic acids is 3. The Morgan fingerprint density at radius 2 is 1.79 bits per heavy atom. The Labute approximate surface area is 193 Å². The number of nitrogens with zero attached hydrogens (tertiary/aromatic N) is 2. The summed E-state index contributed by atoms with van der Waals surface area (Å²) in [6, 6.07) is 12.4. The van der Waals surface area contributed by atoms with Crippen LogP contribution in [0.1, 0.15) is 35.7 Å². The lowest BCUT2D eigenvalue weighted by molar-refractivity contribution is -0.122. The Balaban J connectivity index is 1.68. The highest BCUT2D eigenvalue weighted by Crippen LogP contribution is 2.24. The van der Waals surface area contributed by atoms with Crippen molar-refractivity contribution in [3.63, 3.8) is 0 Å². The van der Waals surface area contributed by atoms with Crippen LogP contribution in [0.5, 0.6) is 0 Å². The van der Waals surface area contributed by atoms with Gasteiger partial charge in [-0.25, -0.2) is 8.42 Å². The van der Waals surface area contributed by atoms with E-state index in [4.69, 9.17) is 5.73 Å². The van der Waals surface area contributed by atoms with E-state index >= 15 is 0 Å². The third-order valence-electron chi connectivity index (χ3n) is 5.69. The number of carbonyl (C=O) groups is 3. The maximum absolute atomic E-state index is 12.8. The van der Waals surface area contributed by atoms with Crippen LogP contribution in [0.25, 0.3) is 0 Å². The van der Waals surface area contributed by atoms with Crippen molar-refractivity contribution in [2.45, 2.75) is 37.2 Å². The average molecular weight is 473 g/mol. The molecule has 1 fully saturated rings. The molecule has 0 saturated carbocycles. The smallest absolute Gasteiger partial charge is 0.243 e. The van der Waals surface area contributed by atoms with Gasteiger partial charge >= 0.3 is 0 Å². The van der Waals surface area contributed by atoms with Gasteiger partial charge in [0.25, 0.3) is 0 Å². The highest BCUT2D eigenvalue weighted by molar-refractivity contribution is 7.89. The zero-order valence-electron chi connectivity index (χ0n) is 18.7. The van der Waals surface area contributed by atoms with Gasteiger partial charge in [-0.2, -0.15) is 4.31 Å². The first-order valence-electron chi connectivity index (χ1n) is 10.6. The molecule has 1 unspecified atom stereocenters. The number of Topliss-reactive ketones (excluding diaryl/α,β-unsaturated/α-hetero) is 1. The van der Waals surface area contributed by atoms with Gasteiger partial charge in [0.05, 0.1) is 17.5 Å². The summed E-state index contributed by atoms with van der Waals surface area (Å²) in [7, 11) is -2.59. The fraction of sp³-hybridized carbons (Fsp3) is 0.348. The summed E-state index contributed by atoms with van der Waals surface area (Å²) < 4.78 is 26.6. The molecule has 0 aliphatic carbocycles. The second-order valence-corrected chi connectivity index (χ2v) is 10.1. The van der Waals surface area contributed by atoms with Crippen LogP contribution in [-0.2, 0) is 26.2 Å². The zero-order valence-corrected chi connectivity index (χ0v) is 19.5. The van der Waals surface area contributed by atoms with Gasteiger partial charge < -0.3 is 11.1 Å². The molecule has 2 amide bonds. The summed E-state index contributed by atoms with van der Waals surface area (Å²) in [4.78, 5) is 37.7. The van der Waals surface area contributed by atoms with Crippen molar-refractivity contribution in [3.05, 3.63) is 59.7 Å². The summed E-state index contributed by atoms with van der Waals surface area (Å²) >= 11 is 0. The SMILES string of the molecule is CC(=O)c1ccc(S(=O)(=O)N(C)CC(=O)Nc2ccccc2CN2CCCC2C(N)=O)cc1. The minimum atomic E-state index is -3.91.